The van der Waals surface area contributed by atoms with Crippen molar-refractivity contribution < 1.29 is 19.1 Å². The number of carboxylic acids is 1. The minimum atomic E-state index is -1.31. The van der Waals surface area contributed by atoms with Crippen LogP contribution in [0.15, 0.2) is 18.2 Å². The molecule has 3 N–H and O–H groups in total. The SMILES string of the molecule is CC(=O)NCCNc1ccc(F)c(C(=O)O)c1. The lowest BCUT2D eigenvalue weighted by Gasteiger charge is -2.07. The molecule has 6 heteroatoms. The fraction of sp³-hybridized carbons (Fsp3) is 0.273. The van der Waals surface area contributed by atoms with Crippen molar-refractivity contribution in [1.29, 1.82) is 0 Å². The van der Waals surface area contributed by atoms with Crippen LogP contribution >= 0.6 is 0 Å². The van der Waals surface area contributed by atoms with Gasteiger partial charge in [-0.3, -0.25) is 4.79 Å². The number of benzene rings is 1. The van der Waals surface area contributed by atoms with E-state index in [1.807, 2.05) is 0 Å². The van der Waals surface area contributed by atoms with Crippen molar-refractivity contribution in [2.45, 2.75) is 6.92 Å². The van der Waals surface area contributed by atoms with E-state index in [0.717, 1.165) is 6.07 Å². The third kappa shape index (κ3) is 4.10. The van der Waals surface area contributed by atoms with Crippen LogP contribution in [0.25, 0.3) is 0 Å². The van der Waals surface area contributed by atoms with Gasteiger partial charge in [0, 0.05) is 25.7 Å². The molecule has 5 nitrogen and oxygen atoms in total. The molecule has 17 heavy (non-hydrogen) atoms. The van der Waals surface area contributed by atoms with Crippen LogP contribution in [0.1, 0.15) is 17.3 Å². The zero-order valence-corrected chi connectivity index (χ0v) is 9.29. The Hall–Kier alpha value is -2.11. The second-order valence-electron chi connectivity index (χ2n) is 3.41. The zero-order valence-electron chi connectivity index (χ0n) is 9.29. The number of amides is 1. The summed E-state index contributed by atoms with van der Waals surface area (Å²) in [5.74, 6) is -2.23. The number of hydrogen-bond donors (Lipinski definition) is 3. The molecule has 0 unspecified atom stereocenters. The Morgan fingerprint density at radius 1 is 1.35 bits per heavy atom. The summed E-state index contributed by atoms with van der Waals surface area (Å²) in [6, 6.07) is 3.74. The Morgan fingerprint density at radius 2 is 2.06 bits per heavy atom. The lowest BCUT2D eigenvalue weighted by Crippen LogP contribution is -2.26. The number of carbonyl (C=O) groups excluding carboxylic acids is 1. The van der Waals surface area contributed by atoms with Crippen LogP contribution in [0.4, 0.5) is 10.1 Å². The van der Waals surface area contributed by atoms with Crippen LogP contribution in [0, 0.1) is 5.82 Å². The molecule has 0 saturated carbocycles. The Balaban J connectivity index is 2.57. The molecule has 1 aromatic rings. The molecule has 0 aliphatic carbocycles. The van der Waals surface area contributed by atoms with Crippen LogP contribution in [0.5, 0.6) is 0 Å². The van der Waals surface area contributed by atoms with E-state index < -0.39 is 11.8 Å². The van der Waals surface area contributed by atoms with Crippen LogP contribution in [-0.2, 0) is 4.79 Å². The van der Waals surface area contributed by atoms with Crippen molar-refractivity contribution in [3.63, 3.8) is 0 Å². The summed E-state index contributed by atoms with van der Waals surface area (Å²) in [4.78, 5) is 21.2. The van der Waals surface area contributed by atoms with Gasteiger partial charge in [0.15, 0.2) is 0 Å². The monoisotopic (exact) mass is 240 g/mol. The molecule has 0 atom stereocenters. The highest BCUT2D eigenvalue weighted by Crippen LogP contribution is 2.14. The van der Waals surface area contributed by atoms with Gasteiger partial charge >= 0.3 is 5.97 Å². The quantitative estimate of drug-likeness (QED) is 0.673. The molecule has 1 aromatic carbocycles. The fourth-order valence-electron chi connectivity index (χ4n) is 1.24. The summed E-state index contributed by atoms with van der Waals surface area (Å²) in [6.45, 7) is 2.25. The largest absolute Gasteiger partial charge is 0.478 e. The van der Waals surface area contributed by atoms with Gasteiger partial charge < -0.3 is 15.7 Å². The molecule has 0 bridgehead atoms. The van der Waals surface area contributed by atoms with Crippen molar-refractivity contribution in [2.24, 2.45) is 0 Å². The number of carbonyl (C=O) groups is 2. The molecule has 0 aliphatic rings. The Kier molecular flexibility index (Phi) is 4.45. The van der Waals surface area contributed by atoms with Crippen LogP contribution in [0.2, 0.25) is 0 Å². The molecule has 0 heterocycles. The molecular weight excluding hydrogens is 227 g/mol. The smallest absolute Gasteiger partial charge is 0.338 e. The van der Waals surface area contributed by atoms with Crippen molar-refractivity contribution in [3.8, 4) is 0 Å². The standard InChI is InChI=1S/C11H13FN2O3/c1-7(15)13-4-5-14-8-2-3-10(12)9(6-8)11(16)17/h2-3,6,14H,4-5H2,1H3,(H,13,15)(H,16,17). The van der Waals surface area contributed by atoms with Gasteiger partial charge in [-0.1, -0.05) is 0 Å². The summed E-state index contributed by atoms with van der Waals surface area (Å²) in [5, 5.41) is 14.2. The molecule has 0 spiro atoms. The van der Waals surface area contributed by atoms with E-state index in [0.29, 0.717) is 18.8 Å². The molecule has 92 valence electrons. The number of carboxylic acid groups (broad SMARTS) is 1. The highest BCUT2D eigenvalue weighted by Gasteiger charge is 2.10. The summed E-state index contributed by atoms with van der Waals surface area (Å²) in [6.07, 6.45) is 0. The third-order valence-electron chi connectivity index (χ3n) is 2.02. The number of hydrogen-bond acceptors (Lipinski definition) is 3. The molecular formula is C11H13FN2O3. The first-order valence-corrected chi connectivity index (χ1v) is 5.02. The Bertz CT molecular complexity index is 435. The number of nitrogens with one attached hydrogen (secondary N) is 2. The summed E-state index contributed by atoms with van der Waals surface area (Å²) in [5.41, 5.74) is 0.115. The van der Waals surface area contributed by atoms with Gasteiger partial charge in [-0.2, -0.15) is 0 Å². The predicted molar refractivity (Wildman–Crippen MR) is 60.5 cm³/mol. The first kappa shape index (κ1) is 13.0. The molecule has 0 fully saturated rings. The van der Waals surface area contributed by atoms with Gasteiger partial charge in [-0.05, 0) is 18.2 Å². The molecule has 0 radical (unpaired) electrons. The van der Waals surface area contributed by atoms with E-state index >= 15 is 0 Å². The van der Waals surface area contributed by atoms with Gasteiger partial charge in [0.1, 0.15) is 5.82 Å². The highest BCUT2D eigenvalue weighted by atomic mass is 19.1. The Morgan fingerprint density at radius 3 is 2.65 bits per heavy atom. The Labute approximate surface area is 97.6 Å². The van der Waals surface area contributed by atoms with E-state index in [2.05, 4.69) is 10.6 Å². The highest BCUT2D eigenvalue weighted by molar-refractivity contribution is 5.89. The number of halogens is 1. The van der Waals surface area contributed by atoms with E-state index in [4.69, 9.17) is 5.11 Å². The maximum Gasteiger partial charge on any atom is 0.338 e. The summed E-state index contributed by atoms with van der Waals surface area (Å²) < 4.78 is 13.0. The molecule has 1 amide bonds. The van der Waals surface area contributed by atoms with E-state index in [-0.39, 0.29) is 11.5 Å². The van der Waals surface area contributed by atoms with Crippen LogP contribution < -0.4 is 10.6 Å². The maximum atomic E-state index is 13.0. The first-order chi connectivity index (χ1) is 8.00. The average Bonchev–Trinajstić information content (AvgIpc) is 2.25. The summed E-state index contributed by atoms with van der Waals surface area (Å²) >= 11 is 0. The van der Waals surface area contributed by atoms with E-state index in [1.165, 1.54) is 19.1 Å². The second-order valence-corrected chi connectivity index (χ2v) is 3.41. The van der Waals surface area contributed by atoms with Gasteiger partial charge in [-0.25, -0.2) is 9.18 Å². The minimum Gasteiger partial charge on any atom is -0.478 e. The number of rotatable bonds is 5. The van der Waals surface area contributed by atoms with Crippen molar-refractivity contribution >= 4 is 17.6 Å². The van der Waals surface area contributed by atoms with Crippen LogP contribution in [0.3, 0.4) is 0 Å². The second kappa shape index (κ2) is 5.83. The van der Waals surface area contributed by atoms with E-state index in [1.54, 1.807) is 0 Å². The third-order valence-corrected chi connectivity index (χ3v) is 2.02. The van der Waals surface area contributed by atoms with Gasteiger partial charge in [0.05, 0.1) is 5.56 Å². The normalized spacial score (nSPS) is 9.76. The maximum absolute atomic E-state index is 13.0. The lowest BCUT2D eigenvalue weighted by molar-refractivity contribution is -0.118. The number of aromatic carboxylic acids is 1. The predicted octanol–water partition coefficient (Wildman–Crippen LogP) is 1.07. The number of anilines is 1. The molecule has 0 aliphatic heterocycles. The molecule has 1 rings (SSSR count). The topological polar surface area (TPSA) is 78.4 Å². The van der Waals surface area contributed by atoms with Gasteiger partial charge in [0.2, 0.25) is 5.91 Å². The average molecular weight is 240 g/mol. The first-order valence-electron chi connectivity index (χ1n) is 5.02. The molecule has 0 aromatic heterocycles. The van der Waals surface area contributed by atoms with Crippen molar-refractivity contribution in [2.75, 3.05) is 18.4 Å². The molecule has 0 saturated heterocycles. The van der Waals surface area contributed by atoms with Crippen LogP contribution in [-0.4, -0.2) is 30.1 Å². The van der Waals surface area contributed by atoms with Gasteiger partial charge in [-0.15, -0.1) is 0 Å². The van der Waals surface area contributed by atoms with E-state index in [9.17, 15) is 14.0 Å². The van der Waals surface area contributed by atoms with Gasteiger partial charge in [0.25, 0.3) is 0 Å². The van der Waals surface area contributed by atoms with Crippen molar-refractivity contribution in [1.82, 2.24) is 5.32 Å². The zero-order chi connectivity index (χ0) is 12.8. The minimum absolute atomic E-state index is 0.142. The fourth-order valence-corrected chi connectivity index (χ4v) is 1.24. The van der Waals surface area contributed by atoms with Crippen molar-refractivity contribution in [3.05, 3.63) is 29.6 Å². The lowest BCUT2D eigenvalue weighted by atomic mass is 10.2. The summed E-state index contributed by atoms with van der Waals surface area (Å²) in [7, 11) is 0.